The zero-order valence-electron chi connectivity index (χ0n) is 10.9. The molecule has 19 heavy (non-hydrogen) atoms. The van der Waals surface area contributed by atoms with Gasteiger partial charge in [0.2, 0.25) is 0 Å². The predicted octanol–water partition coefficient (Wildman–Crippen LogP) is 4.48. The van der Waals surface area contributed by atoms with E-state index >= 15 is 0 Å². The lowest BCUT2D eigenvalue weighted by atomic mass is 9.99. The maximum atomic E-state index is 13.8. The average Bonchev–Trinajstić information content (AvgIpc) is 2.43. The van der Waals surface area contributed by atoms with Gasteiger partial charge in [-0.25, -0.2) is 4.39 Å². The summed E-state index contributed by atoms with van der Waals surface area (Å²) in [4.78, 5) is 0. The van der Waals surface area contributed by atoms with E-state index in [4.69, 9.17) is 0 Å². The van der Waals surface area contributed by atoms with Gasteiger partial charge in [0.15, 0.2) is 0 Å². The standard InChI is InChI=1S/C16H17BrFN/c1-19-16(13-5-3-2-4-6-13)10-8-12-7-9-14(17)11-15(12)18/h2-7,9,11,16,19H,8,10H2,1H3. The molecule has 1 unspecified atom stereocenters. The van der Waals surface area contributed by atoms with Gasteiger partial charge in [0.25, 0.3) is 0 Å². The Morgan fingerprint density at radius 2 is 1.89 bits per heavy atom. The first kappa shape index (κ1) is 14.2. The molecular weight excluding hydrogens is 305 g/mol. The first-order valence-electron chi connectivity index (χ1n) is 6.37. The summed E-state index contributed by atoms with van der Waals surface area (Å²) in [5, 5.41) is 3.29. The van der Waals surface area contributed by atoms with Gasteiger partial charge in [0.05, 0.1) is 0 Å². The molecule has 2 aromatic rings. The summed E-state index contributed by atoms with van der Waals surface area (Å²) in [7, 11) is 1.94. The summed E-state index contributed by atoms with van der Waals surface area (Å²) in [6.45, 7) is 0. The van der Waals surface area contributed by atoms with Crippen molar-refractivity contribution in [1.29, 1.82) is 0 Å². The van der Waals surface area contributed by atoms with Gasteiger partial charge in [-0.2, -0.15) is 0 Å². The predicted molar refractivity (Wildman–Crippen MR) is 80.7 cm³/mol. The molecule has 0 bridgehead atoms. The minimum Gasteiger partial charge on any atom is -0.313 e. The van der Waals surface area contributed by atoms with Crippen molar-refractivity contribution in [2.75, 3.05) is 7.05 Å². The molecular formula is C16H17BrFN. The number of nitrogens with one attached hydrogen (secondary N) is 1. The van der Waals surface area contributed by atoms with E-state index in [0.717, 1.165) is 22.9 Å². The second-order valence-electron chi connectivity index (χ2n) is 4.53. The van der Waals surface area contributed by atoms with Crippen LogP contribution in [0.15, 0.2) is 53.0 Å². The smallest absolute Gasteiger partial charge is 0.127 e. The molecule has 0 aliphatic heterocycles. The van der Waals surface area contributed by atoms with Crippen molar-refractivity contribution in [3.63, 3.8) is 0 Å². The fourth-order valence-corrected chi connectivity index (χ4v) is 2.52. The van der Waals surface area contributed by atoms with Crippen LogP contribution in [0.2, 0.25) is 0 Å². The van der Waals surface area contributed by atoms with E-state index in [1.165, 1.54) is 11.6 Å². The van der Waals surface area contributed by atoms with Crippen molar-refractivity contribution < 1.29 is 4.39 Å². The SMILES string of the molecule is CNC(CCc1ccc(Br)cc1F)c1ccccc1. The summed E-state index contributed by atoms with van der Waals surface area (Å²) < 4.78 is 14.5. The Hall–Kier alpha value is -1.19. The van der Waals surface area contributed by atoms with Crippen LogP contribution >= 0.6 is 15.9 Å². The van der Waals surface area contributed by atoms with Crippen LogP contribution in [0, 0.1) is 5.82 Å². The van der Waals surface area contributed by atoms with E-state index in [2.05, 4.69) is 33.4 Å². The lowest BCUT2D eigenvalue weighted by Gasteiger charge is -2.16. The van der Waals surface area contributed by atoms with Gasteiger partial charge in [-0.3, -0.25) is 0 Å². The molecule has 0 heterocycles. The van der Waals surface area contributed by atoms with Crippen LogP contribution in [0.25, 0.3) is 0 Å². The third-order valence-electron chi connectivity index (χ3n) is 3.27. The molecule has 0 spiro atoms. The van der Waals surface area contributed by atoms with Crippen LogP contribution in [-0.4, -0.2) is 7.05 Å². The Kier molecular flexibility index (Phi) is 5.11. The second kappa shape index (κ2) is 6.83. The van der Waals surface area contributed by atoms with Crippen LogP contribution in [0.5, 0.6) is 0 Å². The minimum atomic E-state index is -0.141. The Labute approximate surface area is 122 Å². The van der Waals surface area contributed by atoms with Gasteiger partial charge in [0.1, 0.15) is 5.82 Å². The maximum absolute atomic E-state index is 13.8. The highest BCUT2D eigenvalue weighted by atomic mass is 79.9. The van der Waals surface area contributed by atoms with Crippen molar-refractivity contribution in [2.45, 2.75) is 18.9 Å². The number of hydrogen-bond acceptors (Lipinski definition) is 1. The fourth-order valence-electron chi connectivity index (χ4n) is 2.19. The Morgan fingerprint density at radius 1 is 1.16 bits per heavy atom. The van der Waals surface area contributed by atoms with Crippen LogP contribution in [-0.2, 0) is 6.42 Å². The zero-order valence-corrected chi connectivity index (χ0v) is 12.5. The highest BCUT2D eigenvalue weighted by Gasteiger charge is 2.10. The van der Waals surface area contributed by atoms with Crippen molar-refractivity contribution in [3.05, 3.63) is 69.9 Å². The number of halogens is 2. The zero-order chi connectivity index (χ0) is 13.7. The fraction of sp³-hybridized carbons (Fsp3) is 0.250. The van der Waals surface area contributed by atoms with Crippen LogP contribution < -0.4 is 5.32 Å². The van der Waals surface area contributed by atoms with Crippen LogP contribution in [0.3, 0.4) is 0 Å². The average molecular weight is 322 g/mol. The molecule has 0 saturated carbocycles. The summed E-state index contributed by atoms with van der Waals surface area (Å²) >= 11 is 3.27. The van der Waals surface area contributed by atoms with Crippen molar-refractivity contribution in [2.24, 2.45) is 0 Å². The van der Waals surface area contributed by atoms with Gasteiger partial charge in [-0.1, -0.05) is 52.3 Å². The highest BCUT2D eigenvalue weighted by Crippen LogP contribution is 2.21. The molecule has 3 heteroatoms. The summed E-state index contributed by atoms with van der Waals surface area (Å²) in [6.07, 6.45) is 1.60. The Balaban J connectivity index is 2.04. The molecule has 0 radical (unpaired) electrons. The van der Waals surface area contributed by atoms with E-state index in [1.807, 2.05) is 37.4 Å². The van der Waals surface area contributed by atoms with Gasteiger partial charge < -0.3 is 5.32 Å². The number of rotatable bonds is 5. The Morgan fingerprint density at radius 3 is 2.53 bits per heavy atom. The van der Waals surface area contributed by atoms with Gasteiger partial charge >= 0.3 is 0 Å². The van der Waals surface area contributed by atoms with E-state index in [9.17, 15) is 4.39 Å². The normalized spacial score (nSPS) is 12.4. The molecule has 0 aromatic heterocycles. The molecule has 1 atom stereocenters. The van der Waals surface area contributed by atoms with Crippen molar-refractivity contribution in [3.8, 4) is 0 Å². The van der Waals surface area contributed by atoms with E-state index < -0.39 is 0 Å². The molecule has 2 rings (SSSR count). The van der Waals surface area contributed by atoms with Gasteiger partial charge in [-0.05, 0) is 43.1 Å². The molecule has 1 N–H and O–H groups in total. The highest BCUT2D eigenvalue weighted by molar-refractivity contribution is 9.10. The molecule has 0 saturated heterocycles. The van der Waals surface area contributed by atoms with Crippen LogP contribution in [0.4, 0.5) is 4.39 Å². The first-order chi connectivity index (χ1) is 9.20. The summed E-state index contributed by atoms with van der Waals surface area (Å²) in [5.74, 6) is -0.141. The minimum absolute atomic E-state index is 0.141. The van der Waals surface area contributed by atoms with Gasteiger partial charge in [0, 0.05) is 10.5 Å². The number of benzene rings is 2. The largest absolute Gasteiger partial charge is 0.313 e. The molecule has 2 aromatic carbocycles. The third kappa shape index (κ3) is 3.88. The first-order valence-corrected chi connectivity index (χ1v) is 7.16. The van der Waals surface area contributed by atoms with Crippen molar-refractivity contribution in [1.82, 2.24) is 5.32 Å². The van der Waals surface area contributed by atoms with Crippen molar-refractivity contribution >= 4 is 15.9 Å². The maximum Gasteiger partial charge on any atom is 0.127 e. The van der Waals surface area contributed by atoms with E-state index in [-0.39, 0.29) is 11.9 Å². The molecule has 0 aliphatic carbocycles. The summed E-state index contributed by atoms with van der Waals surface area (Å²) in [5.41, 5.74) is 2.00. The molecule has 0 aliphatic rings. The quantitative estimate of drug-likeness (QED) is 0.856. The van der Waals surface area contributed by atoms with E-state index in [0.29, 0.717) is 0 Å². The molecule has 0 amide bonds. The topological polar surface area (TPSA) is 12.0 Å². The molecule has 1 nitrogen and oxygen atoms in total. The van der Waals surface area contributed by atoms with Gasteiger partial charge in [-0.15, -0.1) is 0 Å². The lowest BCUT2D eigenvalue weighted by molar-refractivity contribution is 0.534. The summed E-state index contributed by atoms with van der Waals surface area (Å²) in [6, 6.07) is 15.8. The third-order valence-corrected chi connectivity index (χ3v) is 3.76. The Bertz CT molecular complexity index is 528. The van der Waals surface area contributed by atoms with E-state index in [1.54, 1.807) is 0 Å². The monoisotopic (exact) mass is 321 g/mol. The second-order valence-corrected chi connectivity index (χ2v) is 5.44. The molecule has 0 fully saturated rings. The van der Waals surface area contributed by atoms with Crippen LogP contribution in [0.1, 0.15) is 23.6 Å². The number of hydrogen-bond donors (Lipinski definition) is 1. The lowest BCUT2D eigenvalue weighted by Crippen LogP contribution is -2.17. The molecule has 100 valence electrons. The number of aryl methyl sites for hydroxylation is 1.